The third-order valence-electron chi connectivity index (χ3n) is 3.18. The third kappa shape index (κ3) is 2.94. The summed E-state index contributed by atoms with van der Waals surface area (Å²) in [6, 6.07) is 1.95. The van der Waals surface area contributed by atoms with Crippen LogP contribution in [0.25, 0.3) is 0 Å². The molecule has 17 heavy (non-hydrogen) atoms. The minimum absolute atomic E-state index is 0.0278. The molecule has 0 spiro atoms. The van der Waals surface area contributed by atoms with Gasteiger partial charge in [-0.05, 0) is 6.07 Å². The number of pyridine rings is 1. The van der Waals surface area contributed by atoms with Gasteiger partial charge < -0.3 is 15.1 Å². The smallest absolute Gasteiger partial charge is 0.0717 e. The lowest BCUT2D eigenvalue weighted by atomic mass is 10.2. The van der Waals surface area contributed by atoms with Crippen LogP contribution in [0.3, 0.4) is 0 Å². The first-order chi connectivity index (χ1) is 8.35. The maximum Gasteiger partial charge on any atom is 0.0717 e. The number of aliphatic hydroxyl groups is 2. The molecule has 0 aliphatic carbocycles. The van der Waals surface area contributed by atoms with Gasteiger partial charge in [0.1, 0.15) is 0 Å². The minimum atomic E-state index is 0.0278. The number of aromatic nitrogens is 1. The molecule has 1 aromatic rings. The van der Waals surface area contributed by atoms with E-state index in [0.717, 1.165) is 44.0 Å². The number of rotatable bonds is 4. The van der Waals surface area contributed by atoms with Crippen LogP contribution in [0.4, 0.5) is 5.69 Å². The van der Waals surface area contributed by atoms with Crippen molar-refractivity contribution >= 4 is 5.69 Å². The molecule has 5 nitrogen and oxygen atoms in total. The predicted octanol–water partition coefficient (Wildman–Crippen LogP) is -0.312. The van der Waals surface area contributed by atoms with Crippen molar-refractivity contribution in [1.82, 2.24) is 9.88 Å². The zero-order chi connectivity index (χ0) is 12.1. The van der Waals surface area contributed by atoms with E-state index in [4.69, 9.17) is 5.11 Å². The summed E-state index contributed by atoms with van der Waals surface area (Å²) in [4.78, 5) is 8.54. The van der Waals surface area contributed by atoms with E-state index in [-0.39, 0.29) is 13.2 Å². The van der Waals surface area contributed by atoms with Crippen LogP contribution in [0.5, 0.6) is 0 Å². The average Bonchev–Trinajstić information content (AvgIpc) is 2.40. The molecule has 0 radical (unpaired) electrons. The Labute approximate surface area is 101 Å². The first-order valence-electron chi connectivity index (χ1n) is 5.97. The van der Waals surface area contributed by atoms with Crippen molar-refractivity contribution in [3.8, 4) is 0 Å². The number of β-amino-alcohol motifs (C(OH)–C–C–N with tert-alkyl or cyclic N) is 1. The van der Waals surface area contributed by atoms with E-state index in [1.54, 1.807) is 12.4 Å². The topological polar surface area (TPSA) is 59.8 Å². The maximum atomic E-state index is 9.28. The Balaban J connectivity index is 2.00. The Morgan fingerprint density at radius 2 is 1.94 bits per heavy atom. The van der Waals surface area contributed by atoms with E-state index in [9.17, 15) is 5.11 Å². The molecule has 0 bridgehead atoms. The lowest BCUT2D eigenvalue weighted by Crippen LogP contribution is -2.47. The molecule has 0 amide bonds. The summed E-state index contributed by atoms with van der Waals surface area (Å²) in [7, 11) is 0. The fourth-order valence-electron chi connectivity index (χ4n) is 2.20. The molecule has 1 saturated heterocycles. The summed E-state index contributed by atoms with van der Waals surface area (Å²) >= 11 is 0. The molecule has 1 aliphatic rings. The van der Waals surface area contributed by atoms with Gasteiger partial charge in [-0.25, -0.2) is 0 Å². The Hall–Kier alpha value is -1.17. The predicted molar refractivity (Wildman–Crippen MR) is 65.9 cm³/mol. The summed E-state index contributed by atoms with van der Waals surface area (Å²) in [5.74, 6) is 0. The molecule has 1 fully saturated rings. The van der Waals surface area contributed by atoms with E-state index < -0.39 is 0 Å². The van der Waals surface area contributed by atoms with Crippen LogP contribution in [-0.2, 0) is 6.61 Å². The summed E-state index contributed by atoms with van der Waals surface area (Å²) in [5.41, 5.74) is 1.95. The fourth-order valence-corrected chi connectivity index (χ4v) is 2.20. The molecule has 0 unspecified atom stereocenters. The van der Waals surface area contributed by atoms with Crippen LogP contribution in [0.2, 0.25) is 0 Å². The first kappa shape index (κ1) is 12.3. The Morgan fingerprint density at radius 3 is 2.59 bits per heavy atom. The van der Waals surface area contributed by atoms with Crippen LogP contribution >= 0.6 is 0 Å². The summed E-state index contributed by atoms with van der Waals surface area (Å²) in [6.07, 6.45) is 3.48. The highest BCUT2D eigenvalue weighted by atomic mass is 16.3. The first-order valence-corrected chi connectivity index (χ1v) is 5.97. The number of anilines is 1. The van der Waals surface area contributed by atoms with Gasteiger partial charge in [-0.3, -0.25) is 9.88 Å². The molecule has 2 heterocycles. The van der Waals surface area contributed by atoms with Gasteiger partial charge in [-0.2, -0.15) is 0 Å². The molecule has 0 aromatic carbocycles. The standard InChI is InChI=1S/C12H19N3O2/c16-8-7-14-3-5-15(6-4-14)12-1-2-13-9-11(12)10-17/h1-2,9,16-17H,3-8,10H2. The molecule has 5 heteroatoms. The molecule has 2 rings (SSSR count). The molecule has 0 saturated carbocycles. The number of piperazine rings is 1. The molecule has 1 aromatic heterocycles. The van der Waals surface area contributed by atoms with E-state index in [0.29, 0.717) is 0 Å². The zero-order valence-electron chi connectivity index (χ0n) is 9.92. The number of nitrogens with zero attached hydrogens (tertiary/aromatic N) is 3. The molecule has 2 N–H and O–H groups in total. The van der Waals surface area contributed by atoms with Gasteiger partial charge in [0.05, 0.1) is 13.2 Å². The normalized spacial score (nSPS) is 17.4. The fraction of sp³-hybridized carbons (Fsp3) is 0.583. The number of hydrogen-bond acceptors (Lipinski definition) is 5. The van der Waals surface area contributed by atoms with E-state index in [1.165, 1.54) is 0 Å². The van der Waals surface area contributed by atoms with Gasteiger partial charge in [0.15, 0.2) is 0 Å². The van der Waals surface area contributed by atoms with Gasteiger partial charge in [0.2, 0.25) is 0 Å². The Kier molecular flexibility index (Phi) is 4.30. The van der Waals surface area contributed by atoms with Gasteiger partial charge >= 0.3 is 0 Å². The monoisotopic (exact) mass is 237 g/mol. The van der Waals surface area contributed by atoms with Gasteiger partial charge in [0, 0.05) is 56.4 Å². The Morgan fingerprint density at radius 1 is 1.18 bits per heavy atom. The lowest BCUT2D eigenvalue weighted by Gasteiger charge is -2.36. The van der Waals surface area contributed by atoms with Crippen molar-refractivity contribution < 1.29 is 10.2 Å². The van der Waals surface area contributed by atoms with Crippen molar-refractivity contribution in [3.05, 3.63) is 24.0 Å². The zero-order valence-corrected chi connectivity index (χ0v) is 9.92. The van der Waals surface area contributed by atoms with E-state index in [2.05, 4.69) is 14.8 Å². The second kappa shape index (κ2) is 5.95. The molecular formula is C12H19N3O2. The molecule has 94 valence electrons. The van der Waals surface area contributed by atoms with Crippen molar-refractivity contribution in [2.24, 2.45) is 0 Å². The number of hydrogen-bond donors (Lipinski definition) is 2. The SMILES string of the molecule is OCCN1CCN(c2ccncc2CO)CC1. The van der Waals surface area contributed by atoms with Crippen LogP contribution in [-0.4, -0.2) is 59.4 Å². The van der Waals surface area contributed by atoms with Gasteiger partial charge in [0.25, 0.3) is 0 Å². The lowest BCUT2D eigenvalue weighted by molar-refractivity contribution is 0.188. The highest BCUT2D eigenvalue weighted by Crippen LogP contribution is 2.20. The second-order valence-electron chi connectivity index (χ2n) is 4.21. The van der Waals surface area contributed by atoms with Crippen LogP contribution in [0.15, 0.2) is 18.5 Å². The van der Waals surface area contributed by atoms with Crippen LogP contribution in [0, 0.1) is 0 Å². The largest absolute Gasteiger partial charge is 0.395 e. The van der Waals surface area contributed by atoms with Crippen LogP contribution < -0.4 is 4.90 Å². The second-order valence-corrected chi connectivity index (χ2v) is 4.21. The highest BCUT2D eigenvalue weighted by molar-refractivity contribution is 5.52. The summed E-state index contributed by atoms with van der Waals surface area (Å²) in [6.45, 7) is 4.75. The van der Waals surface area contributed by atoms with Crippen molar-refractivity contribution in [3.63, 3.8) is 0 Å². The van der Waals surface area contributed by atoms with E-state index in [1.807, 2.05) is 6.07 Å². The third-order valence-corrected chi connectivity index (χ3v) is 3.18. The maximum absolute atomic E-state index is 9.28. The minimum Gasteiger partial charge on any atom is -0.395 e. The quantitative estimate of drug-likeness (QED) is 0.752. The molecule has 1 aliphatic heterocycles. The average molecular weight is 237 g/mol. The van der Waals surface area contributed by atoms with Crippen LogP contribution in [0.1, 0.15) is 5.56 Å². The van der Waals surface area contributed by atoms with Crippen molar-refractivity contribution in [2.45, 2.75) is 6.61 Å². The molecular weight excluding hydrogens is 218 g/mol. The molecule has 0 atom stereocenters. The number of aliphatic hydroxyl groups excluding tert-OH is 2. The van der Waals surface area contributed by atoms with Crippen molar-refractivity contribution in [2.75, 3.05) is 44.2 Å². The summed E-state index contributed by atoms with van der Waals surface area (Å²) in [5, 5.41) is 18.2. The summed E-state index contributed by atoms with van der Waals surface area (Å²) < 4.78 is 0. The highest BCUT2D eigenvalue weighted by Gasteiger charge is 2.18. The van der Waals surface area contributed by atoms with E-state index >= 15 is 0 Å². The van der Waals surface area contributed by atoms with Gasteiger partial charge in [-0.15, -0.1) is 0 Å². The Bertz CT molecular complexity index is 351. The van der Waals surface area contributed by atoms with Crippen molar-refractivity contribution in [1.29, 1.82) is 0 Å². The van der Waals surface area contributed by atoms with Gasteiger partial charge in [-0.1, -0.05) is 0 Å².